The van der Waals surface area contributed by atoms with Gasteiger partial charge in [0.15, 0.2) is 0 Å². The first-order valence-corrected chi connectivity index (χ1v) is 5.34. The Bertz CT molecular complexity index is 420. The summed E-state index contributed by atoms with van der Waals surface area (Å²) in [4.78, 5) is 4.05. The molecule has 0 unspecified atom stereocenters. The largest absolute Gasteiger partial charge is 0.484 e. The Morgan fingerprint density at radius 2 is 2.25 bits per heavy atom. The molecule has 0 amide bonds. The highest BCUT2D eigenvalue weighted by atomic mass is 16.6. The minimum absolute atomic E-state index is 0.0759. The van der Waals surface area contributed by atoms with E-state index in [-0.39, 0.29) is 12.0 Å². The lowest BCUT2D eigenvalue weighted by Crippen LogP contribution is -2.39. The molecule has 0 atom stereocenters. The summed E-state index contributed by atoms with van der Waals surface area (Å²) in [5.41, 5.74) is 1.48. The van der Waals surface area contributed by atoms with Crippen molar-refractivity contribution in [3.8, 4) is 11.8 Å². The third kappa shape index (κ3) is 2.00. The Labute approximate surface area is 94.8 Å². The minimum Gasteiger partial charge on any atom is -0.484 e. The predicted molar refractivity (Wildman–Crippen MR) is 58.3 cm³/mol. The summed E-state index contributed by atoms with van der Waals surface area (Å²) < 4.78 is 10.8. The van der Waals surface area contributed by atoms with Gasteiger partial charge in [-0.2, -0.15) is 5.26 Å². The van der Waals surface area contributed by atoms with Gasteiger partial charge in [0.1, 0.15) is 23.5 Å². The Hall–Kier alpha value is -1.60. The fourth-order valence-electron chi connectivity index (χ4n) is 1.54. The Kier molecular flexibility index (Phi) is 3.07. The van der Waals surface area contributed by atoms with Crippen LogP contribution in [-0.2, 0) is 4.74 Å². The van der Waals surface area contributed by atoms with E-state index in [1.54, 1.807) is 12.4 Å². The van der Waals surface area contributed by atoms with Crippen LogP contribution in [0.2, 0.25) is 0 Å². The average molecular weight is 218 g/mol. The Morgan fingerprint density at radius 3 is 2.75 bits per heavy atom. The zero-order valence-electron chi connectivity index (χ0n) is 9.43. The molecule has 0 spiro atoms. The molecule has 0 bridgehead atoms. The summed E-state index contributed by atoms with van der Waals surface area (Å²) in [5, 5.41) is 9.03. The summed E-state index contributed by atoms with van der Waals surface area (Å²) in [6.45, 7) is 5.32. The van der Waals surface area contributed by atoms with Gasteiger partial charge in [0, 0.05) is 18.0 Å². The van der Waals surface area contributed by atoms with Gasteiger partial charge >= 0.3 is 0 Å². The van der Waals surface area contributed by atoms with Gasteiger partial charge < -0.3 is 9.47 Å². The van der Waals surface area contributed by atoms with Crippen molar-refractivity contribution in [2.24, 2.45) is 0 Å². The molecule has 0 radical (unpaired) electrons. The number of nitrogens with zero attached hydrogens (tertiary/aromatic N) is 2. The van der Waals surface area contributed by atoms with Crippen molar-refractivity contribution in [2.45, 2.75) is 25.9 Å². The van der Waals surface area contributed by atoms with Gasteiger partial charge in [-0.05, 0) is 5.92 Å². The average Bonchev–Trinajstić information content (AvgIpc) is 2.22. The smallest absolute Gasteiger partial charge is 0.145 e. The summed E-state index contributed by atoms with van der Waals surface area (Å²) in [5.74, 6) is 0.956. The first kappa shape index (κ1) is 10.9. The van der Waals surface area contributed by atoms with Gasteiger partial charge in [-0.1, -0.05) is 13.8 Å². The van der Waals surface area contributed by atoms with Gasteiger partial charge in [0.2, 0.25) is 0 Å². The molecule has 0 saturated carbocycles. The maximum atomic E-state index is 9.03. The van der Waals surface area contributed by atoms with Crippen molar-refractivity contribution >= 4 is 0 Å². The maximum absolute atomic E-state index is 9.03. The SMILES string of the molecule is CC(C)c1cncc(C#N)c1OC1COC1. The quantitative estimate of drug-likeness (QED) is 0.777. The molecule has 1 aromatic rings. The van der Waals surface area contributed by atoms with Crippen LogP contribution in [0.25, 0.3) is 0 Å². The number of hydrogen-bond acceptors (Lipinski definition) is 4. The summed E-state index contributed by atoms with van der Waals surface area (Å²) in [6, 6.07) is 2.12. The zero-order valence-corrected chi connectivity index (χ0v) is 9.43. The zero-order chi connectivity index (χ0) is 11.5. The van der Waals surface area contributed by atoms with Crippen LogP contribution in [-0.4, -0.2) is 24.3 Å². The summed E-state index contributed by atoms with van der Waals surface area (Å²) in [6.07, 6.45) is 3.38. The second-order valence-electron chi connectivity index (χ2n) is 4.15. The lowest BCUT2D eigenvalue weighted by atomic mass is 10.0. The number of rotatable bonds is 3. The lowest BCUT2D eigenvalue weighted by molar-refractivity contribution is -0.0801. The lowest BCUT2D eigenvalue weighted by Gasteiger charge is -2.28. The van der Waals surface area contributed by atoms with Crippen LogP contribution in [0.4, 0.5) is 0 Å². The molecule has 1 aliphatic heterocycles. The van der Waals surface area contributed by atoms with Crippen LogP contribution in [0.15, 0.2) is 12.4 Å². The molecule has 16 heavy (non-hydrogen) atoms. The third-order valence-corrected chi connectivity index (χ3v) is 2.56. The van der Waals surface area contributed by atoms with E-state index in [2.05, 4.69) is 24.9 Å². The van der Waals surface area contributed by atoms with Crippen molar-refractivity contribution < 1.29 is 9.47 Å². The number of aromatic nitrogens is 1. The van der Waals surface area contributed by atoms with E-state index in [0.29, 0.717) is 24.5 Å². The van der Waals surface area contributed by atoms with E-state index in [1.165, 1.54) is 0 Å². The second-order valence-corrected chi connectivity index (χ2v) is 4.15. The van der Waals surface area contributed by atoms with E-state index in [9.17, 15) is 0 Å². The van der Waals surface area contributed by atoms with E-state index < -0.39 is 0 Å². The molecule has 1 fully saturated rings. The molecule has 1 aromatic heterocycles. The number of ether oxygens (including phenoxy) is 2. The highest BCUT2D eigenvalue weighted by Gasteiger charge is 2.23. The van der Waals surface area contributed by atoms with Gasteiger partial charge in [0.05, 0.1) is 13.2 Å². The number of hydrogen-bond donors (Lipinski definition) is 0. The van der Waals surface area contributed by atoms with Crippen LogP contribution < -0.4 is 4.74 Å². The van der Waals surface area contributed by atoms with Crippen molar-refractivity contribution in [1.29, 1.82) is 5.26 Å². The normalized spacial score (nSPS) is 15.6. The first-order valence-electron chi connectivity index (χ1n) is 5.34. The standard InChI is InChI=1S/C12H14N2O2/c1-8(2)11-5-14-4-9(3-13)12(11)16-10-6-15-7-10/h4-5,8,10H,6-7H2,1-2H3. The fourth-order valence-corrected chi connectivity index (χ4v) is 1.54. The molecule has 2 heterocycles. The number of nitriles is 1. The van der Waals surface area contributed by atoms with E-state index in [0.717, 1.165) is 5.56 Å². The molecule has 0 aromatic carbocycles. The molecule has 1 aliphatic rings. The monoisotopic (exact) mass is 218 g/mol. The molecule has 4 nitrogen and oxygen atoms in total. The van der Waals surface area contributed by atoms with Crippen LogP contribution in [0.1, 0.15) is 30.9 Å². The molecule has 84 valence electrons. The molecular formula is C12H14N2O2. The second kappa shape index (κ2) is 4.50. The van der Waals surface area contributed by atoms with Crippen LogP contribution in [0.5, 0.6) is 5.75 Å². The van der Waals surface area contributed by atoms with Crippen LogP contribution in [0, 0.1) is 11.3 Å². The van der Waals surface area contributed by atoms with Crippen molar-refractivity contribution in [3.05, 3.63) is 23.5 Å². The van der Waals surface area contributed by atoms with Crippen LogP contribution >= 0.6 is 0 Å². The van der Waals surface area contributed by atoms with Crippen molar-refractivity contribution in [3.63, 3.8) is 0 Å². The van der Waals surface area contributed by atoms with Gasteiger partial charge in [-0.15, -0.1) is 0 Å². The Morgan fingerprint density at radius 1 is 1.50 bits per heavy atom. The molecular weight excluding hydrogens is 204 g/mol. The van der Waals surface area contributed by atoms with E-state index in [4.69, 9.17) is 14.7 Å². The topological polar surface area (TPSA) is 55.1 Å². The fraction of sp³-hybridized carbons (Fsp3) is 0.500. The van der Waals surface area contributed by atoms with Crippen molar-refractivity contribution in [1.82, 2.24) is 4.98 Å². The van der Waals surface area contributed by atoms with E-state index in [1.807, 2.05) is 0 Å². The predicted octanol–water partition coefficient (Wildman–Crippen LogP) is 1.85. The van der Waals surface area contributed by atoms with Crippen LogP contribution in [0.3, 0.4) is 0 Å². The first-order chi connectivity index (χ1) is 7.72. The molecule has 1 saturated heterocycles. The summed E-state index contributed by atoms with van der Waals surface area (Å²) in [7, 11) is 0. The van der Waals surface area contributed by atoms with Gasteiger partial charge in [0.25, 0.3) is 0 Å². The maximum Gasteiger partial charge on any atom is 0.145 e. The molecule has 4 heteroatoms. The Balaban J connectivity index is 2.33. The number of pyridine rings is 1. The summed E-state index contributed by atoms with van der Waals surface area (Å²) >= 11 is 0. The molecule has 0 N–H and O–H groups in total. The van der Waals surface area contributed by atoms with Crippen molar-refractivity contribution in [2.75, 3.05) is 13.2 Å². The van der Waals surface area contributed by atoms with Gasteiger partial charge in [-0.25, -0.2) is 0 Å². The molecule has 0 aliphatic carbocycles. The molecule has 2 rings (SSSR count). The third-order valence-electron chi connectivity index (χ3n) is 2.56. The highest BCUT2D eigenvalue weighted by Crippen LogP contribution is 2.30. The van der Waals surface area contributed by atoms with E-state index >= 15 is 0 Å². The highest BCUT2D eigenvalue weighted by molar-refractivity contribution is 5.47. The van der Waals surface area contributed by atoms with Gasteiger partial charge in [-0.3, -0.25) is 4.98 Å². The minimum atomic E-state index is 0.0759.